The lowest BCUT2D eigenvalue weighted by Gasteiger charge is -2.18. The molecule has 0 saturated carbocycles. The average Bonchev–Trinajstić information content (AvgIpc) is 2.67. The first-order chi connectivity index (χ1) is 8.58. The van der Waals surface area contributed by atoms with Gasteiger partial charge in [-0.25, -0.2) is 4.39 Å². The Morgan fingerprint density at radius 1 is 1.33 bits per heavy atom. The summed E-state index contributed by atoms with van der Waals surface area (Å²) < 4.78 is 13.2. The number of fused-ring (bicyclic) bond motifs is 1. The Balaban J connectivity index is 2.51. The van der Waals surface area contributed by atoms with Crippen molar-refractivity contribution >= 4 is 16.8 Å². The van der Waals surface area contributed by atoms with Crippen LogP contribution < -0.4 is 0 Å². The third-order valence-corrected chi connectivity index (χ3v) is 3.28. The Kier molecular flexibility index (Phi) is 3.36. The fourth-order valence-electron chi connectivity index (χ4n) is 2.19. The van der Waals surface area contributed by atoms with Gasteiger partial charge in [0.05, 0.1) is 0 Å². The van der Waals surface area contributed by atoms with E-state index in [1.54, 1.807) is 11.0 Å². The van der Waals surface area contributed by atoms with Gasteiger partial charge < -0.3 is 9.88 Å². The number of amides is 1. The number of nitrogens with one attached hydrogen (secondary N) is 1. The van der Waals surface area contributed by atoms with Gasteiger partial charge in [-0.2, -0.15) is 0 Å². The second kappa shape index (κ2) is 4.80. The molecule has 2 rings (SSSR count). The number of carbonyl (C=O) groups excluding carboxylic acids is 1. The summed E-state index contributed by atoms with van der Waals surface area (Å²) in [6, 6.07) is 4.53. The number of halogens is 1. The van der Waals surface area contributed by atoms with Gasteiger partial charge >= 0.3 is 0 Å². The van der Waals surface area contributed by atoms with Crippen LogP contribution in [0.15, 0.2) is 18.2 Å². The molecule has 3 nitrogen and oxygen atoms in total. The maximum absolute atomic E-state index is 13.2. The largest absolute Gasteiger partial charge is 0.350 e. The van der Waals surface area contributed by atoms with Crippen molar-refractivity contribution in [2.24, 2.45) is 0 Å². The highest BCUT2D eigenvalue weighted by molar-refractivity contribution is 6.00. The molecule has 2 aromatic rings. The molecule has 1 aromatic heterocycles. The monoisotopic (exact) mass is 248 g/mol. The van der Waals surface area contributed by atoms with Crippen molar-refractivity contribution in [3.05, 3.63) is 35.3 Å². The Hall–Kier alpha value is -1.84. The molecule has 0 unspecified atom stereocenters. The van der Waals surface area contributed by atoms with Crippen LogP contribution in [-0.2, 0) is 0 Å². The van der Waals surface area contributed by atoms with Crippen LogP contribution in [0.2, 0.25) is 0 Å². The van der Waals surface area contributed by atoms with E-state index in [0.717, 1.165) is 10.9 Å². The molecule has 4 heteroatoms. The van der Waals surface area contributed by atoms with Gasteiger partial charge in [-0.1, -0.05) is 0 Å². The van der Waals surface area contributed by atoms with E-state index < -0.39 is 0 Å². The summed E-state index contributed by atoms with van der Waals surface area (Å²) >= 11 is 0. The molecule has 96 valence electrons. The Bertz CT molecular complexity index is 585. The lowest BCUT2D eigenvalue weighted by atomic mass is 10.1. The molecule has 1 N–H and O–H groups in total. The molecule has 0 fully saturated rings. The Labute approximate surface area is 106 Å². The SMILES string of the molecule is CCN(CC)C(=O)c1[nH]c2cc(F)ccc2c1C. The predicted molar refractivity (Wildman–Crippen MR) is 70.2 cm³/mol. The number of H-pyrrole nitrogens is 1. The molecule has 0 atom stereocenters. The van der Waals surface area contributed by atoms with Crippen molar-refractivity contribution in [1.82, 2.24) is 9.88 Å². The molecule has 1 amide bonds. The van der Waals surface area contributed by atoms with Crippen LogP contribution in [0.5, 0.6) is 0 Å². The molecule has 0 aliphatic carbocycles. The van der Waals surface area contributed by atoms with E-state index in [4.69, 9.17) is 0 Å². The van der Waals surface area contributed by atoms with Crippen LogP contribution in [-0.4, -0.2) is 28.9 Å². The molecule has 0 aliphatic rings. The van der Waals surface area contributed by atoms with Crippen LogP contribution >= 0.6 is 0 Å². The quantitative estimate of drug-likeness (QED) is 0.890. The highest BCUT2D eigenvalue weighted by atomic mass is 19.1. The maximum Gasteiger partial charge on any atom is 0.270 e. The van der Waals surface area contributed by atoms with Gasteiger partial charge in [0.25, 0.3) is 5.91 Å². The zero-order chi connectivity index (χ0) is 13.3. The topological polar surface area (TPSA) is 36.1 Å². The van der Waals surface area contributed by atoms with Crippen LogP contribution in [0.1, 0.15) is 29.9 Å². The van der Waals surface area contributed by atoms with E-state index in [-0.39, 0.29) is 11.7 Å². The van der Waals surface area contributed by atoms with Gasteiger partial charge in [0.15, 0.2) is 0 Å². The van der Waals surface area contributed by atoms with Gasteiger partial charge in [0, 0.05) is 24.0 Å². The van der Waals surface area contributed by atoms with Crippen molar-refractivity contribution in [3.63, 3.8) is 0 Å². The average molecular weight is 248 g/mol. The molecule has 18 heavy (non-hydrogen) atoms. The van der Waals surface area contributed by atoms with Crippen LogP contribution in [0.3, 0.4) is 0 Å². The number of nitrogens with zero attached hydrogens (tertiary/aromatic N) is 1. The van der Waals surface area contributed by atoms with E-state index >= 15 is 0 Å². The van der Waals surface area contributed by atoms with E-state index in [2.05, 4.69) is 4.98 Å². The lowest BCUT2D eigenvalue weighted by molar-refractivity contribution is 0.0767. The third-order valence-electron chi connectivity index (χ3n) is 3.28. The minimum absolute atomic E-state index is 0.0332. The number of aromatic nitrogens is 1. The number of hydrogen-bond donors (Lipinski definition) is 1. The van der Waals surface area contributed by atoms with Gasteiger partial charge in [0.2, 0.25) is 0 Å². The summed E-state index contributed by atoms with van der Waals surface area (Å²) in [4.78, 5) is 17.0. The predicted octanol–water partition coefficient (Wildman–Crippen LogP) is 3.10. The first-order valence-electron chi connectivity index (χ1n) is 6.15. The normalized spacial score (nSPS) is 10.9. The number of aryl methyl sites for hydroxylation is 1. The van der Waals surface area contributed by atoms with Crippen LogP contribution in [0.25, 0.3) is 10.9 Å². The summed E-state index contributed by atoms with van der Waals surface area (Å²) in [5.74, 6) is -0.334. The van der Waals surface area contributed by atoms with Crippen molar-refractivity contribution < 1.29 is 9.18 Å². The second-order valence-electron chi connectivity index (χ2n) is 4.29. The fourth-order valence-corrected chi connectivity index (χ4v) is 2.19. The fraction of sp³-hybridized carbons (Fsp3) is 0.357. The number of hydrogen-bond acceptors (Lipinski definition) is 1. The molecule has 1 aromatic carbocycles. The molecule has 0 spiro atoms. The van der Waals surface area contributed by atoms with Crippen molar-refractivity contribution in [2.45, 2.75) is 20.8 Å². The number of aromatic amines is 1. The van der Waals surface area contributed by atoms with Crippen LogP contribution in [0, 0.1) is 12.7 Å². The summed E-state index contributed by atoms with van der Waals surface area (Å²) in [5, 5.41) is 0.895. The first kappa shape index (κ1) is 12.6. The summed E-state index contributed by atoms with van der Waals surface area (Å²) in [5.41, 5.74) is 2.10. The summed E-state index contributed by atoms with van der Waals surface area (Å²) in [6.07, 6.45) is 0. The summed E-state index contributed by atoms with van der Waals surface area (Å²) in [6.45, 7) is 7.10. The molecule has 1 heterocycles. The van der Waals surface area contributed by atoms with Gasteiger partial charge in [-0.05, 0) is 44.5 Å². The molecule has 0 saturated heterocycles. The molecular weight excluding hydrogens is 231 g/mol. The smallest absolute Gasteiger partial charge is 0.270 e. The lowest BCUT2D eigenvalue weighted by Crippen LogP contribution is -2.31. The Morgan fingerprint density at radius 2 is 2.00 bits per heavy atom. The van der Waals surface area contributed by atoms with Crippen molar-refractivity contribution in [1.29, 1.82) is 0 Å². The summed E-state index contributed by atoms with van der Waals surface area (Å²) in [7, 11) is 0. The minimum Gasteiger partial charge on any atom is -0.350 e. The zero-order valence-electron chi connectivity index (χ0n) is 10.9. The first-order valence-corrected chi connectivity index (χ1v) is 6.15. The van der Waals surface area contributed by atoms with Crippen LogP contribution in [0.4, 0.5) is 4.39 Å². The van der Waals surface area contributed by atoms with E-state index in [1.165, 1.54) is 12.1 Å². The van der Waals surface area contributed by atoms with Gasteiger partial charge in [0.1, 0.15) is 11.5 Å². The minimum atomic E-state index is -0.300. The zero-order valence-corrected chi connectivity index (χ0v) is 10.9. The molecule has 0 radical (unpaired) electrons. The van der Waals surface area contributed by atoms with Gasteiger partial charge in [-0.15, -0.1) is 0 Å². The van der Waals surface area contributed by atoms with E-state index in [1.807, 2.05) is 20.8 Å². The maximum atomic E-state index is 13.2. The second-order valence-corrected chi connectivity index (χ2v) is 4.29. The van der Waals surface area contributed by atoms with E-state index in [9.17, 15) is 9.18 Å². The molecule has 0 bridgehead atoms. The highest BCUT2D eigenvalue weighted by Crippen LogP contribution is 2.23. The van der Waals surface area contributed by atoms with E-state index in [0.29, 0.717) is 24.3 Å². The van der Waals surface area contributed by atoms with Gasteiger partial charge in [-0.3, -0.25) is 4.79 Å². The van der Waals surface area contributed by atoms with Crippen molar-refractivity contribution in [3.8, 4) is 0 Å². The molecule has 0 aliphatic heterocycles. The number of benzene rings is 1. The third kappa shape index (κ3) is 1.98. The molecular formula is C14H17FN2O. The standard InChI is InChI=1S/C14H17FN2O/c1-4-17(5-2)14(18)13-9(3)11-7-6-10(15)8-12(11)16-13/h6-8,16H,4-5H2,1-3H3. The van der Waals surface area contributed by atoms with Crippen molar-refractivity contribution in [2.75, 3.05) is 13.1 Å². The highest BCUT2D eigenvalue weighted by Gasteiger charge is 2.18. The number of rotatable bonds is 3. The Morgan fingerprint density at radius 3 is 2.61 bits per heavy atom. The number of carbonyl (C=O) groups is 1.